The molecule has 1 aromatic heterocycles. The number of anilines is 3. The Morgan fingerprint density at radius 3 is 2.54 bits per heavy atom. The van der Waals surface area contributed by atoms with E-state index in [1.807, 2.05) is 18.2 Å². The molecule has 0 saturated carbocycles. The molecule has 1 aliphatic rings. The number of β-amino-alcohol motifs (C(OH)–C–C–N with tert-alkyl or cyclic N) is 1. The Bertz CT molecular complexity index is 643. The second kappa shape index (κ2) is 7.94. The summed E-state index contributed by atoms with van der Waals surface area (Å²) in [4.78, 5) is 13.1. The molecular formula is C17H24N6O. The Balaban J connectivity index is 1.65. The third-order valence-corrected chi connectivity index (χ3v) is 4.25. The Morgan fingerprint density at radius 2 is 1.83 bits per heavy atom. The van der Waals surface area contributed by atoms with E-state index in [0.717, 1.165) is 38.5 Å². The third-order valence-electron chi connectivity index (χ3n) is 4.25. The Kier molecular flexibility index (Phi) is 5.45. The minimum atomic E-state index is 0.198. The van der Waals surface area contributed by atoms with Crippen molar-refractivity contribution in [2.24, 2.45) is 0 Å². The highest BCUT2D eigenvalue weighted by Gasteiger charge is 2.20. The summed E-state index contributed by atoms with van der Waals surface area (Å²) in [6.07, 6.45) is 1.55. The summed E-state index contributed by atoms with van der Waals surface area (Å²) in [5.41, 5.74) is 8.05. The monoisotopic (exact) mass is 328 g/mol. The van der Waals surface area contributed by atoms with Crippen LogP contribution in [0.5, 0.6) is 0 Å². The van der Waals surface area contributed by atoms with Crippen molar-refractivity contribution in [1.29, 1.82) is 0 Å². The first kappa shape index (κ1) is 16.5. The molecule has 7 heteroatoms. The number of aromatic nitrogens is 2. The number of nitrogens with zero attached hydrogens (tertiary/aromatic N) is 4. The van der Waals surface area contributed by atoms with E-state index < -0.39 is 0 Å². The standard InChI is InChI=1S/C17H24N6O/c18-15-16(19-12-14-4-2-1-3-5-14)20-13-21-17(15)23-8-6-22(7-9-23)10-11-24/h1-5,13,24H,6-12,18H2,(H,19,20,21). The van der Waals surface area contributed by atoms with Crippen molar-refractivity contribution in [2.75, 3.05) is 55.3 Å². The fraction of sp³-hybridized carbons (Fsp3) is 0.412. The molecule has 1 aromatic carbocycles. The molecule has 7 nitrogen and oxygen atoms in total. The Labute approximate surface area is 142 Å². The average Bonchev–Trinajstić information content (AvgIpc) is 2.63. The first-order valence-electron chi connectivity index (χ1n) is 8.24. The lowest BCUT2D eigenvalue weighted by Gasteiger charge is -2.35. The molecule has 24 heavy (non-hydrogen) atoms. The number of nitrogens with one attached hydrogen (secondary N) is 1. The summed E-state index contributed by atoms with van der Waals surface area (Å²) in [6.45, 7) is 5.08. The van der Waals surface area contributed by atoms with Crippen LogP contribution < -0.4 is 16.0 Å². The van der Waals surface area contributed by atoms with Gasteiger partial charge in [0, 0.05) is 39.3 Å². The van der Waals surface area contributed by atoms with Crippen LogP contribution in [-0.2, 0) is 6.54 Å². The van der Waals surface area contributed by atoms with Gasteiger partial charge in [0.05, 0.1) is 6.61 Å². The summed E-state index contributed by atoms with van der Waals surface area (Å²) in [6, 6.07) is 10.1. The fourth-order valence-electron chi connectivity index (χ4n) is 2.89. The maximum absolute atomic E-state index is 9.03. The van der Waals surface area contributed by atoms with Crippen molar-refractivity contribution in [3.05, 3.63) is 42.2 Å². The van der Waals surface area contributed by atoms with Crippen LogP contribution in [0.2, 0.25) is 0 Å². The maximum atomic E-state index is 9.03. The number of rotatable bonds is 6. The molecule has 0 bridgehead atoms. The van der Waals surface area contributed by atoms with Gasteiger partial charge < -0.3 is 21.1 Å². The van der Waals surface area contributed by atoms with Crippen molar-refractivity contribution in [3.8, 4) is 0 Å². The van der Waals surface area contributed by atoms with E-state index in [1.54, 1.807) is 6.33 Å². The summed E-state index contributed by atoms with van der Waals surface area (Å²) in [5, 5.41) is 12.3. The largest absolute Gasteiger partial charge is 0.395 e. The van der Waals surface area contributed by atoms with Crippen molar-refractivity contribution in [3.63, 3.8) is 0 Å². The molecule has 4 N–H and O–H groups in total. The summed E-state index contributed by atoms with van der Waals surface area (Å²) in [7, 11) is 0. The van der Waals surface area contributed by atoms with Crippen LogP contribution in [0, 0.1) is 0 Å². The van der Waals surface area contributed by atoms with Crippen molar-refractivity contribution >= 4 is 17.3 Å². The van der Waals surface area contributed by atoms with Gasteiger partial charge in [-0.25, -0.2) is 9.97 Å². The molecule has 0 amide bonds. The molecule has 1 aliphatic heterocycles. The highest BCUT2D eigenvalue weighted by atomic mass is 16.3. The maximum Gasteiger partial charge on any atom is 0.157 e. The second-order valence-corrected chi connectivity index (χ2v) is 5.85. The lowest BCUT2D eigenvalue weighted by molar-refractivity contribution is 0.188. The zero-order chi connectivity index (χ0) is 16.8. The smallest absolute Gasteiger partial charge is 0.157 e. The number of hydrogen-bond acceptors (Lipinski definition) is 7. The normalized spacial score (nSPS) is 15.5. The third kappa shape index (κ3) is 3.93. The summed E-state index contributed by atoms with van der Waals surface area (Å²) >= 11 is 0. The minimum absolute atomic E-state index is 0.198. The van der Waals surface area contributed by atoms with Crippen LogP contribution in [-0.4, -0.2) is 59.3 Å². The van der Waals surface area contributed by atoms with E-state index in [4.69, 9.17) is 10.8 Å². The van der Waals surface area contributed by atoms with Crippen molar-refractivity contribution < 1.29 is 5.11 Å². The molecule has 0 aliphatic carbocycles. The zero-order valence-electron chi connectivity index (χ0n) is 13.7. The molecule has 2 aromatic rings. The summed E-state index contributed by atoms with van der Waals surface area (Å²) < 4.78 is 0. The topological polar surface area (TPSA) is 90.5 Å². The molecule has 1 saturated heterocycles. The van der Waals surface area contributed by atoms with Gasteiger partial charge in [0.15, 0.2) is 11.6 Å². The predicted molar refractivity (Wildman–Crippen MR) is 96.0 cm³/mol. The lowest BCUT2D eigenvalue weighted by atomic mass is 10.2. The first-order chi connectivity index (χ1) is 11.8. The van der Waals surface area contributed by atoms with Gasteiger partial charge in [0.1, 0.15) is 12.0 Å². The van der Waals surface area contributed by atoms with Crippen LogP contribution >= 0.6 is 0 Å². The van der Waals surface area contributed by atoms with Crippen LogP contribution in [0.1, 0.15) is 5.56 Å². The minimum Gasteiger partial charge on any atom is -0.395 e. The second-order valence-electron chi connectivity index (χ2n) is 5.85. The Hall–Kier alpha value is -2.38. The van der Waals surface area contributed by atoms with Gasteiger partial charge in [-0.15, -0.1) is 0 Å². The van der Waals surface area contributed by atoms with Gasteiger partial charge in [-0.3, -0.25) is 4.90 Å². The molecule has 0 radical (unpaired) electrons. The van der Waals surface area contributed by atoms with Gasteiger partial charge >= 0.3 is 0 Å². The van der Waals surface area contributed by atoms with Gasteiger partial charge in [0.2, 0.25) is 0 Å². The van der Waals surface area contributed by atoms with Gasteiger partial charge in [-0.05, 0) is 5.56 Å². The van der Waals surface area contributed by atoms with Gasteiger partial charge in [0.25, 0.3) is 0 Å². The SMILES string of the molecule is Nc1c(NCc2ccccc2)ncnc1N1CCN(CCO)CC1. The van der Waals surface area contributed by atoms with Crippen LogP contribution in [0.15, 0.2) is 36.7 Å². The van der Waals surface area contributed by atoms with Crippen LogP contribution in [0.25, 0.3) is 0 Å². The van der Waals surface area contributed by atoms with Crippen molar-refractivity contribution in [2.45, 2.75) is 6.54 Å². The molecular weight excluding hydrogens is 304 g/mol. The van der Waals surface area contributed by atoms with Crippen LogP contribution in [0.4, 0.5) is 17.3 Å². The molecule has 3 rings (SSSR count). The number of aliphatic hydroxyl groups is 1. The van der Waals surface area contributed by atoms with E-state index in [1.165, 1.54) is 5.56 Å². The lowest BCUT2D eigenvalue weighted by Crippen LogP contribution is -2.47. The number of nitrogens with two attached hydrogens (primary N) is 1. The highest BCUT2D eigenvalue weighted by molar-refractivity contribution is 5.75. The Morgan fingerprint density at radius 1 is 1.08 bits per heavy atom. The van der Waals surface area contributed by atoms with E-state index in [0.29, 0.717) is 18.1 Å². The fourth-order valence-corrected chi connectivity index (χ4v) is 2.89. The molecule has 128 valence electrons. The predicted octanol–water partition coefficient (Wildman–Crippen LogP) is 0.785. The highest BCUT2D eigenvalue weighted by Crippen LogP contribution is 2.27. The molecule has 0 spiro atoms. The van der Waals surface area contributed by atoms with E-state index in [2.05, 4.69) is 37.2 Å². The van der Waals surface area contributed by atoms with E-state index >= 15 is 0 Å². The van der Waals surface area contributed by atoms with Gasteiger partial charge in [-0.2, -0.15) is 0 Å². The number of benzene rings is 1. The van der Waals surface area contributed by atoms with E-state index in [-0.39, 0.29) is 6.61 Å². The number of hydrogen-bond donors (Lipinski definition) is 3. The van der Waals surface area contributed by atoms with Gasteiger partial charge in [-0.1, -0.05) is 30.3 Å². The zero-order valence-corrected chi connectivity index (χ0v) is 13.7. The summed E-state index contributed by atoms with van der Waals surface area (Å²) in [5.74, 6) is 1.45. The molecule has 0 atom stereocenters. The number of piperazine rings is 1. The first-order valence-corrected chi connectivity index (χ1v) is 8.24. The molecule has 1 fully saturated rings. The molecule has 2 heterocycles. The van der Waals surface area contributed by atoms with E-state index in [9.17, 15) is 0 Å². The van der Waals surface area contributed by atoms with Crippen molar-refractivity contribution in [1.82, 2.24) is 14.9 Å². The number of nitrogen functional groups attached to an aromatic ring is 1. The number of aliphatic hydroxyl groups excluding tert-OH is 1. The quantitative estimate of drug-likeness (QED) is 0.722. The average molecular weight is 328 g/mol. The molecule has 0 unspecified atom stereocenters. The van der Waals surface area contributed by atoms with Crippen LogP contribution in [0.3, 0.4) is 0 Å².